The number of benzene rings is 1. The topological polar surface area (TPSA) is 81.4 Å². The lowest BCUT2D eigenvalue weighted by Gasteiger charge is -2.22. The van der Waals surface area contributed by atoms with Crippen molar-refractivity contribution in [3.63, 3.8) is 0 Å². The molecule has 5 nitrogen and oxygen atoms in total. The average molecular weight is 298 g/mol. The van der Waals surface area contributed by atoms with Crippen LogP contribution in [0.1, 0.15) is 18.4 Å². The summed E-state index contributed by atoms with van der Waals surface area (Å²) in [5, 5.41) is 0. The van der Waals surface area contributed by atoms with Gasteiger partial charge in [-0.25, -0.2) is 13.1 Å². The number of rotatable bonds is 6. The molecule has 0 atom stereocenters. The van der Waals surface area contributed by atoms with Crippen LogP contribution in [0.4, 0.5) is 0 Å². The Morgan fingerprint density at radius 2 is 1.85 bits per heavy atom. The SMILES string of the molecule is NCCc1ccc(S(=O)(=O)NCC2CCOCC2)cc1. The van der Waals surface area contributed by atoms with Gasteiger partial charge in [0.15, 0.2) is 0 Å². The number of hydrogen-bond donors (Lipinski definition) is 2. The summed E-state index contributed by atoms with van der Waals surface area (Å²) in [4.78, 5) is 0.310. The van der Waals surface area contributed by atoms with Gasteiger partial charge in [0.1, 0.15) is 0 Å². The monoisotopic (exact) mass is 298 g/mol. The zero-order valence-corrected chi connectivity index (χ0v) is 12.4. The molecule has 0 aromatic heterocycles. The number of ether oxygens (including phenoxy) is 1. The molecule has 112 valence electrons. The molecule has 6 heteroatoms. The summed E-state index contributed by atoms with van der Waals surface area (Å²) >= 11 is 0. The van der Waals surface area contributed by atoms with Crippen molar-refractivity contribution in [1.82, 2.24) is 4.72 Å². The molecule has 0 bridgehead atoms. The van der Waals surface area contributed by atoms with Gasteiger partial charge in [-0.15, -0.1) is 0 Å². The van der Waals surface area contributed by atoms with Crippen LogP contribution in [0.3, 0.4) is 0 Å². The van der Waals surface area contributed by atoms with Crippen molar-refractivity contribution in [2.24, 2.45) is 11.7 Å². The summed E-state index contributed by atoms with van der Waals surface area (Å²) in [6.07, 6.45) is 2.59. The highest BCUT2D eigenvalue weighted by molar-refractivity contribution is 7.89. The summed E-state index contributed by atoms with van der Waals surface area (Å²) in [6.45, 7) is 2.49. The molecule has 1 aromatic carbocycles. The number of nitrogens with two attached hydrogens (primary N) is 1. The van der Waals surface area contributed by atoms with Gasteiger partial charge in [-0.3, -0.25) is 0 Å². The maximum Gasteiger partial charge on any atom is 0.240 e. The van der Waals surface area contributed by atoms with E-state index in [4.69, 9.17) is 10.5 Å². The molecule has 0 unspecified atom stereocenters. The summed E-state index contributed by atoms with van der Waals surface area (Å²) < 4.78 is 32.3. The molecule has 0 radical (unpaired) electrons. The van der Waals surface area contributed by atoms with Gasteiger partial charge in [0.2, 0.25) is 10.0 Å². The second kappa shape index (κ2) is 7.17. The van der Waals surface area contributed by atoms with Gasteiger partial charge in [-0.1, -0.05) is 12.1 Å². The molecule has 0 aliphatic carbocycles. The first-order chi connectivity index (χ1) is 9.62. The average Bonchev–Trinajstić information content (AvgIpc) is 2.47. The first-order valence-corrected chi connectivity index (χ1v) is 8.46. The normalized spacial score (nSPS) is 17.2. The van der Waals surface area contributed by atoms with Crippen LogP contribution in [0, 0.1) is 5.92 Å². The third kappa shape index (κ3) is 4.28. The predicted octanol–water partition coefficient (Wildman–Crippen LogP) is 0.893. The summed E-state index contributed by atoms with van der Waals surface area (Å²) in [6, 6.07) is 6.90. The highest BCUT2D eigenvalue weighted by atomic mass is 32.2. The van der Waals surface area contributed by atoms with Crippen LogP contribution >= 0.6 is 0 Å². The standard InChI is InChI=1S/C14H22N2O3S/c15-8-5-12-1-3-14(4-2-12)20(17,18)16-11-13-6-9-19-10-7-13/h1-4,13,16H,5-11,15H2. The fourth-order valence-electron chi connectivity index (χ4n) is 2.26. The van der Waals surface area contributed by atoms with Crippen molar-refractivity contribution in [3.05, 3.63) is 29.8 Å². The Hall–Kier alpha value is -0.950. The van der Waals surface area contributed by atoms with Crippen LogP contribution in [-0.2, 0) is 21.2 Å². The minimum atomic E-state index is -3.41. The van der Waals surface area contributed by atoms with Gasteiger partial charge in [0.25, 0.3) is 0 Å². The highest BCUT2D eigenvalue weighted by Crippen LogP contribution is 2.15. The largest absolute Gasteiger partial charge is 0.381 e. The van der Waals surface area contributed by atoms with E-state index in [0.717, 1.165) is 38.0 Å². The van der Waals surface area contributed by atoms with Gasteiger partial charge < -0.3 is 10.5 Å². The van der Waals surface area contributed by atoms with Crippen molar-refractivity contribution < 1.29 is 13.2 Å². The number of hydrogen-bond acceptors (Lipinski definition) is 4. The number of sulfonamides is 1. The Morgan fingerprint density at radius 3 is 2.45 bits per heavy atom. The Kier molecular flexibility index (Phi) is 5.54. The molecule has 1 aromatic rings. The van der Waals surface area contributed by atoms with E-state index >= 15 is 0 Å². The third-order valence-electron chi connectivity index (χ3n) is 3.57. The van der Waals surface area contributed by atoms with Crippen molar-refractivity contribution in [3.8, 4) is 0 Å². The highest BCUT2D eigenvalue weighted by Gasteiger charge is 2.18. The van der Waals surface area contributed by atoms with E-state index in [1.54, 1.807) is 12.1 Å². The molecular formula is C14H22N2O3S. The molecule has 1 heterocycles. The first-order valence-electron chi connectivity index (χ1n) is 6.98. The van der Waals surface area contributed by atoms with Crippen molar-refractivity contribution in [1.29, 1.82) is 0 Å². The predicted molar refractivity (Wildman–Crippen MR) is 77.9 cm³/mol. The second-order valence-electron chi connectivity index (χ2n) is 5.09. The molecule has 1 aliphatic rings. The minimum absolute atomic E-state index is 0.310. The Balaban J connectivity index is 1.94. The van der Waals surface area contributed by atoms with Crippen LogP contribution in [0.5, 0.6) is 0 Å². The molecule has 1 saturated heterocycles. The molecule has 0 saturated carbocycles. The fourth-order valence-corrected chi connectivity index (χ4v) is 3.38. The van der Waals surface area contributed by atoms with Crippen LogP contribution in [0.15, 0.2) is 29.2 Å². The van der Waals surface area contributed by atoms with Gasteiger partial charge in [-0.05, 0) is 49.4 Å². The molecule has 20 heavy (non-hydrogen) atoms. The van der Waals surface area contributed by atoms with E-state index in [1.165, 1.54) is 0 Å². The molecule has 0 spiro atoms. The van der Waals surface area contributed by atoms with E-state index < -0.39 is 10.0 Å². The van der Waals surface area contributed by atoms with Crippen molar-refractivity contribution >= 4 is 10.0 Å². The van der Waals surface area contributed by atoms with Crippen LogP contribution < -0.4 is 10.5 Å². The Morgan fingerprint density at radius 1 is 1.20 bits per heavy atom. The molecule has 3 N–H and O–H groups in total. The maximum atomic E-state index is 12.2. The lowest BCUT2D eigenvalue weighted by molar-refractivity contribution is 0.0678. The van der Waals surface area contributed by atoms with Crippen molar-refractivity contribution in [2.45, 2.75) is 24.2 Å². The quantitative estimate of drug-likeness (QED) is 0.817. The lowest BCUT2D eigenvalue weighted by Crippen LogP contribution is -2.32. The van der Waals surface area contributed by atoms with Crippen LogP contribution in [-0.4, -0.2) is 34.7 Å². The van der Waals surface area contributed by atoms with Crippen LogP contribution in [0.2, 0.25) is 0 Å². The van der Waals surface area contributed by atoms with E-state index in [-0.39, 0.29) is 0 Å². The summed E-state index contributed by atoms with van der Waals surface area (Å²) in [5.74, 6) is 0.370. The van der Waals surface area contributed by atoms with Gasteiger partial charge in [0.05, 0.1) is 4.90 Å². The third-order valence-corrected chi connectivity index (χ3v) is 5.01. The van der Waals surface area contributed by atoms with E-state index in [0.29, 0.717) is 23.9 Å². The summed E-state index contributed by atoms with van der Waals surface area (Å²) in [5.41, 5.74) is 6.53. The lowest BCUT2D eigenvalue weighted by atomic mass is 10.0. The number of nitrogens with one attached hydrogen (secondary N) is 1. The molecule has 0 amide bonds. The minimum Gasteiger partial charge on any atom is -0.381 e. The summed E-state index contributed by atoms with van der Waals surface area (Å²) in [7, 11) is -3.41. The van der Waals surface area contributed by atoms with Gasteiger partial charge in [-0.2, -0.15) is 0 Å². The van der Waals surface area contributed by atoms with Gasteiger partial charge >= 0.3 is 0 Å². The molecular weight excluding hydrogens is 276 g/mol. The van der Waals surface area contributed by atoms with E-state index in [2.05, 4.69) is 4.72 Å². The Bertz CT molecular complexity index is 508. The van der Waals surface area contributed by atoms with Gasteiger partial charge in [0, 0.05) is 19.8 Å². The van der Waals surface area contributed by atoms with E-state index in [9.17, 15) is 8.42 Å². The smallest absolute Gasteiger partial charge is 0.240 e. The molecule has 1 aliphatic heterocycles. The molecule has 2 rings (SSSR count). The van der Waals surface area contributed by atoms with Crippen molar-refractivity contribution in [2.75, 3.05) is 26.3 Å². The zero-order valence-electron chi connectivity index (χ0n) is 11.5. The fraction of sp³-hybridized carbons (Fsp3) is 0.571. The second-order valence-corrected chi connectivity index (χ2v) is 6.86. The van der Waals surface area contributed by atoms with Crippen LogP contribution in [0.25, 0.3) is 0 Å². The molecule has 1 fully saturated rings. The Labute approximate surface area is 120 Å². The van der Waals surface area contributed by atoms with E-state index in [1.807, 2.05) is 12.1 Å². The first kappa shape index (κ1) is 15.4. The maximum absolute atomic E-state index is 12.2. The zero-order chi connectivity index (χ0) is 14.4.